The zero-order valence-electron chi connectivity index (χ0n) is 10.7. The minimum atomic E-state index is -1.04. The monoisotopic (exact) mass is 290 g/mol. The third-order valence-corrected chi connectivity index (χ3v) is 3.98. The van der Waals surface area contributed by atoms with E-state index in [9.17, 15) is 4.21 Å². The lowest BCUT2D eigenvalue weighted by Crippen LogP contribution is -2.20. The smallest absolute Gasteiger partial charge is 0.158 e. The fraction of sp³-hybridized carbons (Fsp3) is 0.538. The van der Waals surface area contributed by atoms with Crippen LogP contribution in [-0.2, 0) is 20.3 Å². The van der Waals surface area contributed by atoms with Crippen molar-refractivity contribution in [3.05, 3.63) is 29.3 Å². The van der Waals surface area contributed by atoms with Crippen molar-refractivity contribution in [3.8, 4) is 0 Å². The molecule has 1 rings (SSSR count). The first-order chi connectivity index (χ1) is 8.67. The van der Waals surface area contributed by atoms with E-state index in [4.69, 9.17) is 21.1 Å². The van der Waals surface area contributed by atoms with E-state index in [0.29, 0.717) is 30.4 Å². The molecule has 0 aliphatic rings. The molecule has 0 saturated heterocycles. The van der Waals surface area contributed by atoms with Crippen molar-refractivity contribution < 1.29 is 13.7 Å². The minimum Gasteiger partial charge on any atom is -0.353 e. The second-order valence-corrected chi connectivity index (χ2v) is 5.64. The van der Waals surface area contributed by atoms with Gasteiger partial charge in [0.2, 0.25) is 0 Å². The molecule has 1 aromatic carbocycles. The summed E-state index contributed by atoms with van der Waals surface area (Å²) >= 11 is 5.79. The minimum absolute atomic E-state index is 0.267. The third-order valence-electron chi connectivity index (χ3n) is 2.32. The van der Waals surface area contributed by atoms with E-state index in [-0.39, 0.29) is 6.29 Å². The van der Waals surface area contributed by atoms with Crippen LogP contribution in [-0.4, -0.2) is 29.5 Å². The summed E-state index contributed by atoms with van der Waals surface area (Å²) in [5.41, 5.74) is 0. The second-order valence-electron chi connectivity index (χ2n) is 3.63. The molecule has 0 aromatic heterocycles. The van der Waals surface area contributed by atoms with Crippen LogP contribution in [0.5, 0.6) is 0 Å². The average Bonchev–Trinajstić information content (AvgIpc) is 2.37. The zero-order valence-corrected chi connectivity index (χ0v) is 12.3. The summed E-state index contributed by atoms with van der Waals surface area (Å²) in [5, 5.41) is 0.650. The Labute approximate surface area is 116 Å². The van der Waals surface area contributed by atoms with Crippen LogP contribution < -0.4 is 0 Å². The van der Waals surface area contributed by atoms with Gasteiger partial charge in [-0.25, -0.2) is 0 Å². The SMILES string of the molecule is CCOC(CCS(=O)c1ccc(Cl)cc1)OCC. The van der Waals surface area contributed by atoms with Gasteiger partial charge in [-0.3, -0.25) is 4.21 Å². The van der Waals surface area contributed by atoms with E-state index >= 15 is 0 Å². The normalized spacial score (nSPS) is 12.9. The summed E-state index contributed by atoms with van der Waals surface area (Å²) in [6.45, 7) is 5.03. The number of ether oxygens (including phenoxy) is 2. The molecule has 3 nitrogen and oxygen atoms in total. The van der Waals surface area contributed by atoms with Gasteiger partial charge in [-0.1, -0.05) is 11.6 Å². The van der Waals surface area contributed by atoms with Gasteiger partial charge in [0.05, 0.1) is 10.8 Å². The van der Waals surface area contributed by atoms with E-state index in [0.717, 1.165) is 4.90 Å². The Morgan fingerprint density at radius 3 is 2.22 bits per heavy atom. The van der Waals surface area contributed by atoms with Gasteiger partial charge in [-0.2, -0.15) is 0 Å². The predicted octanol–water partition coefficient (Wildman–Crippen LogP) is 3.24. The Kier molecular flexibility index (Phi) is 7.51. The molecule has 1 atom stereocenters. The maximum atomic E-state index is 12.0. The molecule has 1 aromatic rings. The lowest BCUT2D eigenvalue weighted by molar-refractivity contribution is -0.136. The molecular weight excluding hydrogens is 272 g/mol. The first kappa shape index (κ1) is 15.6. The molecule has 0 aliphatic heterocycles. The van der Waals surface area contributed by atoms with Crippen molar-refractivity contribution in [1.82, 2.24) is 0 Å². The van der Waals surface area contributed by atoms with E-state index in [1.54, 1.807) is 24.3 Å². The Bertz CT molecular complexity index is 361. The summed E-state index contributed by atoms with van der Waals surface area (Å²) in [5.74, 6) is 0.520. The van der Waals surface area contributed by atoms with Crippen LogP contribution in [0, 0.1) is 0 Å². The van der Waals surface area contributed by atoms with Crippen molar-refractivity contribution in [3.63, 3.8) is 0 Å². The molecule has 0 spiro atoms. The van der Waals surface area contributed by atoms with Crippen LogP contribution in [0.1, 0.15) is 20.3 Å². The molecule has 1 unspecified atom stereocenters. The van der Waals surface area contributed by atoms with Crippen molar-refractivity contribution >= 4 is 22.4 Å². The van der Waals surface area contributed by atoms with Crippen LogP contribution in [0.25, 0.3) is 0 Å². The standard InChI is InChI=1S/C13H19ClO3S/c1-3-16-13(17-4-2)9-10-18(15)12-7-5-11(14)6-8-12/h5-8,13H,3-4,9-10H2,1-2H3. The molecule has 0 bridgehead atoms. The van der Waals surface area contributed by atoms with E-state index in [2.05, 4.69) is 0 Å². The zero-order chi connectivity index (χ0) is 13.4. The van der Waals surface area contributed by atoms with Crippen LogP contribution in [0.2, 0.25) is 5.02 Å². The van der Waals surface area contributed by atoms with Gasteiger partial charge < -0.3 is 9.47 Å². The van der Waals surface area contributed by atoms with Gasteiger partial charge in [0.25, 0.3) is 0 Å². The second kappa shape index (κ2) is 8.64. The lowest BCUT2D eigenvalue weighted by atomic mass is 10.4. The quantitative estimate of drug-likeness (QED) is 0.690. The molecule has 0 fully saturated rings. The first-order valence-corrected chi connectivity index (χ1v) is 7.74. The summed E-state index contributed by atoms with van der Waals surface area (Å²) in [6.07, 6.45) is 0.355. The summed E-state index contributed by atoms with van der Waals surface area (Å²) in [7, 11) is -1.04. The van der Waals surface area contributed by atoms with Crippen molar-refractivity contribution in [2.75, 3.05) is 19.0 Å². The molecule has 102 valence electrons. The predicted molar refractivity (Wildman–Crippen MR) is 74.4 cm³/mol. The number of benzene rings is 1. The first-order valence-electron chi connectivity index (χ1n) is 6.04. The third kappa shape index (κ3) is 5.48. The highest BCUT2D eigenvalue weighted by molar-refractivity contribution is 7.85. The topological polar surface area (TPSA) is 35.5 Å². The Balaban J connectivity index is 2.46. The molecule has 0 N–H and O–H groups in total. The van der Waals surface area contributed by atoms with Crippen LogP contribution in [0.4, 0.5) is 0 Å². The van der Waals surface area contributed by atoms with Crippen molar-refractivity contribution in [2.24, 2.45) is 0 Å². The highest BCUT2D eigenvalue weighted by Gasteiger charge is 2.11. The van der Waals surface area contributed by atoms with Gasteiger partial charge in [-0.05, 0) is 38.1 Å². The Hall–Kier alpha value is -0.420. The Morgan fingerprint density at radius 2 is 1.72 bits per heavy atom. The Morgan fingerprint density at radius 1 is 1.17 bits per heavy atom. The maximum absolute atomic E-state index is 12.0. The maximum Gasteiger partial charge on any atom is 0.158 e. The number of rotatable bonds is 8. The van der Waals surface area contributed by atoms with Gasteiger partial charge in [0.1, 0.15) is 0 Å². The van der Waals surface area contributed by atoms with Gasteiger partial charge >= 0.3 is 0 Å². The van der Waals surface area contributed by atoms with E-state index < -0.39 is 10.8 Å². The van der Waals surface area contributed by atoms with Crippen LogP contribution >= 0.6 is 11.6 Å². The van der Waals surface area contributed by atoms with E-state index in [1.807, 2.05) is 13.8 Å². The molecule has 0 heterocycles. The fourth-order valence-electron chi connectivity index (χ4n) is 1.49. The van der Waals surface area contributed by atoms with Crippen molar-refractivity contribution in [1.29, 1.82) is 0 Å². The summed E-state index contributed by atoms with van der Waals surface area (Å²) in [4.78, 5) is 0.783. The van der Waals surface area contributed by atoms with E-state index in [1.165, 1.54) is 0 Å². The molecular formula is C13H19ClO3S. The molecule has 0 amide bonds. The number of halogens is 1. The fourth-order valence-corrected chi connectivity index (χ4v) is 2.70. The number of hydrogen-bond acceptors (Lipinski definition) is 3. The summed E-state index contributed by atoms with van der Waals surface area (Å²) < 4.78 is 22.8. The molecule has 18 heavy (non-hydrogen) atoms. The molecule has 5 heteroatoms. The highest BCUT2D eigenvalue weighted by Crippen LogP contribution is 2.14. The lowest BCUT2D eigenvalue weighted by Gasteiger charge is -2.16. The molecule has 0 saturated carbocycles. The molecule has 0 aliphatic carbocycles. The highest BCUT2D eigenvalue weighted by atomic mass is 35.5. The largest absolute Gasteiger partial charge is 0.353 e. The van der Waals surface area contributed by atoms with Gasteiger partial charge in [0.15, 0.2) is 6.29 Å². The van der Waals surface area contributed by atoms with Crippen molar-refractivity contribution in [2.45, 2.75) is 31.5 Å². The van der Waals surface area contributed by atoms with Gasteiger partial charge in [0, 0.05) is 35.3 Å². The van der Waals surface area contributed by atoms with Crippen LogP contribution in [0.3, 0.4) is 0 Å². The summed E-state index contributed by atoms with van der Waals surface area (Å²) in [6, 6.07) is 7.07. The number of hydrogen-bond donors (Lipinski definition) is 0. The molecule has 0 radical (unpaired) electrons. The average molecular weight is 291 g/mol. The van der Waals surface area contributed by atoms with Crippen LogP contribution in [0.15, 0.2) is 29.2 Å². The van der Waals surface area contributed by atoms with Gasteiger partial charge in [-0.15, -0.1) is 0 Å².